The standard InChI is InChI=1S/C15H18N2/c1-17(2)11-13-6-3-4-9-15(13)12-7-5-8-14(16)10-12/h3-10H,11,16H2,1-2H3. The van der Waals surface area contributed by atoms with E-state index in [0.717, 1.165) is 12.2 Å². The van der Waals surface area contributed by atoms with Crippen molar-refractivity contribution in [2.24, 2.45) is 0 Å². The molecule has 0 aromatic heterocycles. The second-order valence-corrected chi connectivity index (χ2v) is 4.52. The first-order valence-electron chi connectivity index (χ1n) is 5.75. The van der Waals surface area contributed by atoms with Gasteiger partial charge in [0, 0.05) is 12.2 Å². The zero-order valence-corrected chi connectivity index (χ0v) is 10.4. The largest absolute Gasteiger partial charge is 0.399 e. The molecule has 17 heavy (non-hydrogen) atoms. The summed E-state index contributed by atoms with van der Waals surface area (Å²) in [6.07, 6.45) is 0. The Labute approximate surface area is 103 Å². The van der Waals surface area contributed by atoms with Crippen molar-refractivity contribution in [1.29, 1.82) is 0 Å². The summed E-state index contributed by atoms with van der Waals surface area (Å²) < 4.78 is 0. The number of benzene rings is 2. The minimum absolute atomic E-state index is 0.808. The number of hydrogen-bond donors (Lipinski definition) is 1. The van der Waals surface area contributed by atoms with E-state index in [2.05, 4.69) is 49.3 Å². The summed E-state index contributed by atoms with van der Waals surface area (Å²) in [5.74, 6) is 0. The molecule has 0 aliphatic rings. The maximum absolute atomic E-state index is 5.84. The highest BCUT2D eigenvalue weighted by atomic mass is 15.0. The lowest BCUT2D eigenvalue weighted by Gasteiger charge is -2.14. The van der Waals surface area contributed by atoms with E-state index in [4.69, 9.17) is 5.73 Å². The molecular weight excluding hydrogens is 208 g/mol. The van der Waals surface area contributed by atoms with Gasteiger partial charge in [-0.05, 0) is 42.9 Å². The highest BCUT2D eigenvalue weighted by molar-refractivity contribution is 5.70. The van der Waals surface area contributed by atoms with Crippen molar-refractivity contribution < 1.29 is 0 Å². The second-order valence-electron chi connectivity index (χ2n) is 4.52. The van der Waals surface area contributed by atoms with Gasteiger partial charge >= 0.3 is 0 Å². The fourth-order valence-corrected chi connectivity index (χ4v) is 1.99. The molecule has 0 saturated carbocycles. The predicted molar refractivity (Wildman–Crippen MR) is 73.7 cm³/mol. The van der Waals surface area contributed by atoms with Crippen LogP contribution in [0.5, 0.6) is 0 Å². The Hall–Kier alpha value is -1.80. The summed E-state index contributed by atoms with van der Waals surface area (Å²) in [6, 6.07) is 16.5. The van der Waals surface area contributed by atoms with Gasteiger partial charge in [-0.1, -0.05) is 36.4 Å². The van der Waals surface area contributed by atoms with Crippen LogP contribution in [0.15, 0.2) is 48.5 Å². The molecule has 0 aliphatic carbocycles. The van der Waals surface area contributed by atoms with Crippen molar-refractivity contribution in [3.8, 4) is 11.1 Å². The molecule has 0 radical (unpaired) electrons. The molecule has 0 saturated heterocycles. The third-order valence-electron chi connectivity index (χ3n) is 2.70. The molecule has 2 aromatic rings. The number of nitrogen functional groups attached to an aromatic ring is 1. The lowest BCUT2D eigenvalue weighted by atomic mass is 9.99. The van der Waals surface area contributed by atoms with Crippen molar-refractivity contribution in [3.63, 3.8) is 0 Å². The maximum atomic E-state index is 5.84. The molecule has 0 fully saturated rings. The number of hydrogen-bond acceptors (Lipinski definition) is 2. The van der Waals surface area contributed by atoms with Crippen LogP contribution in [0, 0.1) is 0 Å². The SMILES string of the molecule is CN(C)Cc1ccccc1-c1cccc(N)c1. The summed E-state index contributed by atoms with van der Waals surface area (Å²) >= 11 is 0. The van der Waals surface area contributed by atoms with E-state index in [9.17, 15) is 0 Å². The molecule has 2 nitrogen and oxygen atoms in total. The van der Waals surface area contributed by atoms with Gasteiger partial charge in [-0.2, -0.15) is 0 Å². The van der Waals surface area contributed by atoms with Gasteiger partial charge < -0.3 is 10.6 Å². The lowest BCUT2D eigenvalue weighted by molar-refractivity contribution is 0.403. The van der Waals surface area contributed by atoms with Crippen LogP contribution >= 0.6 is 0 Å². The highest BCUT2D eigenvalue weighted by Gasteiger charge is 2.05. The van der Waals surface area contributed by atoms with Crippen molar-refractivity contribution in [2.45, 2.75) is 6.54 Å². The fourth-order valence-electron chi connectivity index (χ4n) is 1.99. The average Bonchev–Trinajstić information content (AvgIpc) is 2.29. The van der Waals surface area contributed by atoms with Crippen LogP contribution < -0.4 is 5.73 Å². The molecule has 88 valence electrons. The minimum Gasteiger partial charge on any atom is -0.399 e. The van der Waals surface area contributed by atoms with E-state index >= 15 is 0 Å². The molecule has 0 amide bonds. The van der Waals surface area contributed by atoms with E-state index in [1.54, 1.807) is 0 Å². The lowest BCUT2D eigenvalue weighted by Crippen LogP contribution is -2.11. The first-order chi connectivity index (χ1) is 8.16. The monoisotopic (exact) mass is 226 g/mol. The van der Waals surface area contributed by atoms with Crippen molar-refractivity contribution in [1.82, 2.24) is 4.90 Å². The molecule has 0 bridgehead atoms. The van der Waals surface area contributed by atoms with Gasteiger partial charge in [0.1, 0.15) is 0 Å². The summed E-state index contributed by atoms with van der Waals surface area (Å²) in [5.41, 5.74) is 10.4. The normalized spacial score (nSPS) is 10.8. The van der Waals surface area contributed by atoms with Crippen molar-refractivity contribution in [3.05, 3.63) is 54.1 Å². The molecule has 0 aliphatic heterocycles. The molecular formula is C15H18N2. The summed E-state index contributed by atoms with van der Waals surface area (Å²) in [6.45, 7) is 0.935. The fraction of sp³-hybridized carbons (Fsp3) is 0.200. The summed E-state index contributed by atoms with van der Waals surface area (Å²) in [4.78, 5) is 2.17. The Morgan fingerprint density at radius 1 is 1.00 bits per heavy atom. The molecule has 0 atom stereocenters. The molecule has 0 heterocycles. The van der Waals surface area contributed by atoms with Gasteiger partial charge in [0.25, 0.3) is 0 Å². The van der Waals surface area contributed by atoms with Crippen LogP contribution in [0.1, 0.15) is 5.56 Å². The minimum atomic E-state index is 0.808. The Balaban J connectivity index is 2.44. The Morgan fingerprint density at radius 3 is 2.47 bits per heavy atom. The van der Waals surface area contributed by atoms with Gasteiger partial charge in [-0.3, -0.25) is 0 Å². The average molecular weight is 226 g/mol. The smallest absolute Gasteiger partial charge is 0.0320 e. The van der Waals surface area contributed by atoms with Crippen LogP contribution in [-0.4, -0.2) is 19.0 Å². The van der Waals surface area contributed by atoms with Gasteiger partial charge in [-0.15, -0.1) is 0 Å². The Kier molecular flexibility index (Phi) is 3.45. The van der Waals surface area contributed by atoms with Gasteiger partial charge in [0.05, 0.1) is 0 Å². The van der Waals surface area contributed by atoms with Crippen LogP contribution in [0.3, 0.4) is 0 Å². The van der Waals surface area contributed by atoms with Crippen LogP contribution in [0.25, 0.3) is 11.1 Å². The Bertz CT molecular complexity index is 504. The van der Waals surface area contributed by atoms with Crippen molar-refractivity contribution >= 4 is 5.69 Å². The number of nitrogens with zero attached hydrogens (tertiary/aromatic N) is 1. The van der Waals surface area contributed by atoms with E-state index in [1.807, 2.05) is 18.2 Å². The molecule has 2 heteroatoms. The summed E-state index contributed by atoms with van der Waals surface area (Å²) in [7, 11) is 4.16. The molecule has 0 spiro atoms. The van der Waals surface area contributed by atoms with E-state index < -0.39 is 0 Å². The van der Waals surface area contributed by atoms with Crippen LogP contribution in [0.2, 0.25) is 0 Å². The number of anilines is 1. The van der Waals surface area contributed by atoms with Crippen molar-refractivity contribution in [2.75, 3.05) is 19.8 Å². The van der Waals surface area contributed by atoms with E-state index in [-0.39, 0.29) is 0 Å². The predicted octanol–water partition coefficient (Wildman–Crippen LogP) is 3.00. The van der Waals surface area contributed by atoms with Gasteiger partial charge in [-0.25, -0.2) is 0 Å². The highest BCUT2D eigenvalue weighted by Crippen LogP contribution is 2.25. The van der Waals surface area contributed by atoms with Crippen LogP contribution in [-0.2, 0) is 6.54 Å². The van der Waals surface area contributed by atoms with Gasteiger partial charge in [0.2, 0.25) is 0 Å². The number of rotatable bonds is 3. The Morgan fingerprint density at radius 2 is 1.76 bits per heavy atom. The molecule has 2 rings (SSSR count). The zero-order valence-electron chi connectivity index (χ0n) is 10.4. The third kappa shape index (κ3) is 2.86. The van der Waals surface area contributed by atoms with E-state index in [0.29, 0.717) is 0 Å². The molecule has 2 N–H and O–H groups in total. The first-order valence-corrected chi connectivity index (χ1v) is 5.75. The summed E-state index contributed by atoms with van der Waals surface area (Å²) in [5, 5.41) is 0. The third-order valence-corrected chi connectivity index (χ3v) is 2.70. The van der Waals surface area contributed by atoms with Crippen LogP contribution in [0.4, 0.5) is 5.69 Å². The second kappa shape index (κ2) is 5.02. The molecule has 2 aromatic carbocycles. The molecule has 0 unspecified atom stereocenters. The quantitative estimate of drug-likeness (QED) is 0.815. The zero-order chi connectivity index (χ0) is 12.3. The first kappa shape index (κ1) is 11.7. The topological polar surface area (TPSA) is 29.3 Å². The maximum Gasteiger partial charge on any atom is 0.0320 e. The van der Waals surface area contributed by atoms with E-state index in [1.165, 1.54) is 16.7 Å². The number of nitrogens with two attached hydrogens (primary N) is 1. The van der Waals surface area contributed by atoms with Gasteiger partial charge in [0.15, 0.2) is 0 Å².